The first-order chi connectivity index (χ1) is 16.4. The lowest BCUT2D eigenvalue weighted by Crippen LogP contribution is -2.68. The van der Waals surface area contributed by atoms with Gasteiger partial charge in [-0.15, -0.1) is 10.2 Å². The van der Waals surface area contributed by atoms with E-state index in [9.17, 15) is 10.1 Å². The van der Waals surface area contributed by atoms with E-state index in [0.29, 0.717) is 21.4 Å². The molecule has 3 fully saturated rings. The normalized spacial score (nSPS) is 22.0. The average molecular weight is 501 g/mol. The third kappa shape index (κ3) is 4.76. The summed E-state index contributed by atoms with van der Waals surface area (Å²) in [6.45, 7) is 12.7. The highest BCUT2D eigenvalue weighted by Gasteiger charge is 2.38. The van der Waals surface area contributed by atoms with Crippen LogP contribution in [0.4, 0.5) is 22.2 Å². The maximum Gasteiger partial charge on any atom is 0.271 e. The van der Waals surface area contributed by atoms with Gasteiger partial charge in [-0.2, -0.15) is 0 Å². The molecule has 4 heterocycles. The molecule has 2 aromatic carbocycles. The lowest BCUT2D eigenvalue weighted by Gasteiger charge is -2.51. The maximum absolute atomic E-state index is 11.0. The van der Waals surface area contributed by atoms with Crippen molar-refractivity contribution in [1.82, 2.24) is 9.88 Å². The van der Waals surface area contributed by atoms with Crippen molar-refractivity contribution in [3.63, 3.8) is 0 Å². The largest absolute Gasteiger partial charge is 0.366 e. The molecule has 11 heteroatoms. The zero-order valence-electron chi connectivity index (χ0n) is 19.1. The highest BCUT2D eigenvalue weighted by Crippen LogP contribution is 2.34. The maximum atomic E-state index is 11.0. The number of likely N-dealkylation sites (N-methyl/N-ethyl adjacent to an activating group) is 1. The van der Waals surface area contributed by atoms with Gasteiger partial charge >= 0.3 is 0 Å². The summed E-state index contributed by atoms with van der Waals surface area (Å²) in [6.07, 6.45) is 0. The van der Waals surface area contributed by atoms with E-state index in [1.165, 1.54) is 67.2 Å². The van der Waals surface area contributed by atoms with E-state index in [1.807, 2.05) is 18.2 Å². The molecule has 9 nitrogen and oxygen atoms in total. The second-order valence-electron chi connectivity index (χ2n) is 8.90. The van der Waals surface area contributed by atoms with Gasteiger partial charge in [0.2, 0.25) is 5.13 Å². The Labute approximate surface area is 207 Å². The van der Waals surface area contributed by atoms with E-state index in [-0.39, 0.29) is 5.69 Å². The van der Waals surface area contributed by atoms with Gasteiger partial charge in [-0.25, -0.2) is 4.98 Å². The lowest BCUT2D eigenvalue weighted by atomic mass is 10.1. The quantitative estimate of drug-likeness (QED) is 0.182. The van der Waals surface area contributed by atoms with Crippen molar-refractivity contribution in [3.8, 4) is 0 Å². The lowest BCUT2D eigenvalue weighted by molar-refractivity contribution is -0.939. The Bertz CT molecular complexity index is 1230. The number of hydrogen-bond acceptors (Lipinski definition) is 8. The summed E-state index contributed by atoms with van der Waals surface area (Å²) in [5, 5.41) is 20.4. The van der Waals surface area contributed by atoms with Crippen LogP contribution in [0.1, 0.15) is 6.92 Å². The second-order valence-corrected chi connectivity index (χ2v) is 10.3. The molecule has 1 aromatic heterocycles. The van der Waals surface area contributed by atoms with Gasteiger partial charge in [0.25, 0.3) is 5.69 Å². The number of nitro benzene ring substituents is 1. The predicted octanol–water partition coefficient (Wildman–Crippen LogP) is 5.25. The van der Waals surface area contributed by atoms with Gasteiger partial charge in [0, 0.05) is 44.0 Å². The first-order valence-electron chi connectivity index (χ1n) is 11.5. The number of hydrogen-bond donors (Lipinski definition) is 0. The number of nitro groups is 1. The highest BCUT2D eigenvalue weighted by atomic mass is 35.5. The summed E-state index contributed by atoms with van der Waals surface area (Å²) in [5.41, 5.74) is 2.20. The Morgan fingerprint density at radius 2 is 1.94 bits per heavy atom. The highest BCUT2D eigenvalue weighted by molar-refractivity contribution is 7.21. The van der Waals surface area contributed by atoms with Crippen molar-refractivity contribution in [2.24, 2.45) is 10.2 Å². The Morgan fingerprint density at radius 3 is 2.62 bits per heavy atom. The molecular formula is C23H27ClN7O2S+. The number of halogens is 1. The third-order valence-corrected chi connectivity index (χ3v) is 8.23. The summed E-state index contributed by atoms with van der Waals surface area (Å²) in [4.78, 5) is 19.8. The number of rotatable bonds is 8. The van der Waals surface area contributed by atoms with Crippen LogP contribution in [0.3, 0.4) is 0 Å². The van der Waals surface area contributed by atoms with Gasteiger partial charge in [-0.05, 0) is 31.2 Å². The number of aromatic nitrogens is 1. The van der Waals surface area contributed by atoms with E-state index >= 15 is 0 Å². The van der Waals surface area contributed by atoms with Crippen LogP contribution in [0, 0.1) is 10.1 Å². The van der Waals surface area contributed by atoms with Crippen molar-refractivity contribution in [1.29, 1.82) is 0 Å². The van der Waals surface area contributed by atoms with Crippen molar-refractivity contribution in [3.05, 3.63) is 51.5 Å². The zero-order chi connectivity index (χ0) is 23.7. The fourth-order valence-corrected chi connectivity index (χ4v) is 5.78. The van der Waals surface area contributed by atoms with Crippen molar-refractivity contribution in [2.75, 3.05) is 63.8 Å². The summed E-state index contributed by atoms with van der Waals surface area (Å²) < 4.78 is 2.05. The molecule has 3 aliphatic heterocycles. The minimum Gasteiger partial charge on any atom is -0.366 e. The van der Waals surface area contributed by atoms with Gasteiger partial charge in [-0.3, -0.25) is 15.0 Å². The van der Waals surface area contributed by atoms with Gasteiger partial charge in [0.05, 0.1) is 52.9 Å². The Kier molecular flexibility index (Phi) is 6.48. The molecular weight excluding hydrogens is 474 g/mol. The SMILES string of the molecule is CCN(CC[N+]12CCN(CC1)CC2)c1ccc(N=Nc2nc3cc([N+](=O)[O-])ccc3s2)c(Cl)c1. The van der Waals surface area contributed by atoms with E-state index in [1.54, 1.807) is 6.07 Å². The molecule has 34 heavy (non-hydrogen) atoms. The number of fused-ring (bicyclic) bond motifs is 4. The fourth-order valence-electron chi connectivity index (χ4n) is 4.80. The topological polar surface area (TPSA) is 87.2 Å². The van der Waals surface area contributed by atoms with Crippen LogP contribution in [-0.2, 0) is 0 Å². The number of non-ortho nitro benzene ring substituents is 1. The minimum atomic E-state index is -0.433. The second kappa shape index (κ2) is 9.53. The number of anilines is 1. The molecule has 0 amide bonds. The molecule has 178 valence electrons. The molecule has 3 aromatic rings. The summed E-state index contributed by atoms with van der Waals surface area (Å²) in [7, 11) is 0. The van der Waals surface area contributed by atoms with Crippen LogP contribution in [0.2, 0.25) is 5.02 Å². The van der Waals surface area contributed by atoms with Crippen molar-refractivity contribution < 1.29 is 9.41 Å². The number of azo groups is 1. The average Bonchev–Trinajstić information content (AvgIpc) is 3.27. The van der Waals surface area contributed by atoms with E-state index in [4.69, 9.17) is 11.6 Å². The molecule has 0 unspecified atom stereocenters. The first-order valence-corrected chi connectivity index (χ1v) is 12.7. The zero-order valence-corrected chi connectivity index (χ0v) is 20.6. The Morgan fingerprint density at radius 1 is 1.18 bits per heavy atom. The minimum absolute atomic E-state index is 0.00717. The Balaban J connectivity index is 1.27. The van der Waals surface area contributed by atoms with Crippen molar-refractivity contribution in [2.45, 2.75) is 6.92 Å². The van der Waals surface area contributed by atoms with Crippen LogP contribution < -0.4 is 4.90 Å². The van der Waals surface area contributed by atoms with Crippen LogP contribution in [-0.4, -0.2) is 78.2 Å². The van der Waals surface area contributed by atoms with E-state index < -0.39 is 4.92 Å². The van der Waals surface area contributed by atoms with Gasteiger partial charge < -0.3 is 9.38 Å². The van der Waals surface area contributed by atoms with Gasteiger partial charge in [0.1, 0.15) is 5.69 Å². The number of thiazole rings is 1. The fraction of sp³-hybridized carbons (Fsp3) is 0.435. The van der Waals surface area contributed by atoms with Crippen LogP contribution >= 0.6 is 22.9 Å². The van der Waals surface area contributed by atoms with E-state index in [0.717, 1.165) is 30.0 Å². The molecule has 0 N–H and O–H groups in total. The number of benzene rings is 2. The number of piperazine rings is 3. The van der Waals surface area contributed by atoms with Crippen LogP contribution in [0.5, 0.6) is 0 Å². The van der Waals surface area contributed by atoms with Crippen LogP contribution in [0.15, 0.2) is 46.6 Å². The molecule has 0 aliphatic carbocycles. The molecule has 0 spiro atoms. The van der Waals surface area contributed by atoms with Gasteiger partial charge in [0.15, 0.2) is 0 Å². The molecule has 0 saturated carbocycles. The molecule has 6 rings (SSSR count). The monoisotopic (exact) mass is 500 g/mol. The molecule has 3 saturated heterocycles. The molecule has 2 bridgehead atoms. The Hall–Kier alpha value is -2.66. The standard InChI is InChI=1S/C23H27ClN7O2S/c1-2-29(10-14-31-11-7-28(8-12-31)9-13-31)17-3-5-20(19(24)15-17)26-27-23-25-21-16-18(30(32)33)4-6-22(21)34-23/h3-6,15-16H,2,7-14H2,1H3/q+1. The predicted molar refractivity (Wildman–Crippen MR) is 136 cm³/mol. The number of quaternary nitrogens is 1. The first kappa shape index (κ1) is 23.1. The molecule has 0 atom stereocenters. The van der Waals surface area contributed by atoms with Crippen LogP contribution in [0.25, 0.3) is 10.2 Å². The molecule has 0 radical (unpaired) electrons. The van der Waals surface area contributed by atoms with E-state index in [2.05, 4.69) is 31.9 Å². The summed E-state index contributed by atoms with van der Waals surface area (Å²) in [6, 6.07) is 10.5. The van der Waals surface area contributed by atoms with Gasteiger partial charge in [-0.1, -0.05) is 22.9 Å². The summed E-state index contributed by atoms with van der Waals surface area (Å²) in [5.74, 6) is 0. The third-order valence-electron chi connectivity index (χ3n) is 7.01. The molecule has 3 aliphatic rings. The smallest absolute Gasteiger partial charge is 0.271 e. The summed E-state index contributed by atoms with van der Waals surface area (Å²) >= 11 is 7.89. The number of nitrogens with zero attached hydrogens (tertiary/aromatic N) is 7. The van der Waals surface area contributed by atoms with Crippen molar-refractivity contribution >= 4 is 55.3 Å².